The van der Waals surface area contributed by atoms with Gasteiger partial charge in [0, 0.05) is 13.1 Å². The number of hydrogen-bond acceptors (Lipinski definition) is 3. The number of rotatable bonds is 6. The van der Waals surface area contributed by atoms with Crippen LogP contribution in [0.5, 0.6) is 0 Å². The summed E-state index contributed by atoms with van der Waals surface area (Å²) >= 11 is 0. The monoisotopic (exact) mass is 235 g/mol. The largest absolute Gasteiger partial charge is 0.445 e. The third kappa shape index (κ3) is 4.70. The molecule has 4 nitrogen and oxygen atoms in total. The van der Waals surface area contributed by atoms with Gasteiger partial charge in [-0.1, -0.05) is 36.4 Å². The molecule has 0 saturated heterocycles. The van der Waals surface area contributed by atoms with E-state index < -0.39 is 6.09 Å². The molecule has 0 aliphatic carbocycles. The van der Waals surface area contributed by atoms with Crippen LogP contribution < -0.4 is 0 Å². The van der Waals surface area contributed by atoms with Gasteiger partial charge in [0.1, 0.15) is 6.61 Å². The Morgan fingerprint density at radius 2 is 2.12 bits per heavy atom. The Balaban J connectivity index is 2.44. The molecule has 1 N–H and O–H groups in total. The smallest absolute Gasteiger partial charge is 0.410 e. The van der Waals surface area contributed by atoms with Crippen molar-refractivity contribution in [2.24, 2.45) is 0 Å². The number of aliphatic hydroxyl groups is 1. The number of carbonyl (C=O) groups excluding carboxylic acids is 1. The molecule has 0 bridgehead atoms. The van der Waals surface area contributed by atoms with Crippen LogP contribution in [0.1, 0.15) is 5.56 Å². The SMILES string of the molecule is C=CCN(CCO)C(=O)OCc1ccccc1. The van der Waals surface area contributed by atoms with E-state index in [2.05, 4.69) is 6.58 Å². The van der Waals surface area contributed by atoms with Crippen LogP contribution in [0.4, 0.5) is 4.79 Å². The second kappa shape index (κ2) is 7.46. The molecule has 4 heteroatoms. The van der Waals surface area contributed by atoms with E-state index in [9.17, 15) is 4.79 Å². The van der Waals surface area contributed by atoms with Crippen molar-refractivity contribution >= 4 is 6.09 Å². The van der Waals surface area contributed by atoms with Gasteiger partial charge in [0.15, 0.2) is 0 Å². The Morgan fingerprint density at radius 1 is 1.41 bits per heavy atom. The molecule has 0 spiro atoms. The van der Waals surface area contributed by atoms with Crippen molar-refractivity contribution in [1.29, 1.82) is 0 Å². The van der Waals surface area contributed by atoms with Crippen molar-refractivity contribution in [2.75, 3.05) is 19.7 Å². The molecule has 1 aromatic rings. The van der Waals surface area contributed by atoms with Crippen LogP contribution >= 0.6 is 0 Å². The van der Waals surface area contributed by atoms with Gasteiger partial charge in [-0.2, -0.15) is 0 Å². The number of aliphatic hydroxyl groups excluding tert-OH is 1. The Bertz CT molecular complexity index is 351. The first-order chi connectivity index (χ1) is 8.27. The van der Waals surface area contributed by atoms with E-state index in [0.29, 0.717) is 6.54 Å². The fraction of sp³-hybridized carbons (Fsp3) is 0.308. The molecule has 0 saturated carbocycles. The molecule has 17 heavy (non-hydrogen) atoms. The second-order valence-electron chi connectivity index (χ2n) is 3.50. The Morgan fingerprint density at radius 3 is 2.71 bits per heavy atom. The highest BCUT2D eigenvalue weighted by molar-refractivity contribution is 5.67. The summed E-state index contributed by atoms with van der Waals surface area (Å²) in [6.07, 6.45) is 1.15. The van der Waals surface area contributed by atoms with Crippen LogP contribution in [-0.2, 0) is 11.3 Å². The number of benzene rings is 1. The Hall–Kier alpha value is -1.81. The molecular weight excluding hydrogens is 218 g/mol. The van der Waals surface area contributed by atoms with Crippen LogP contribution in [0, 0.1) is 0 Å². The fourth-order valence-electron chi connectivity index (χ4n) is 1.34. The van der Waals surface area contributed by atoms with Crippen molar-refractivity contribution in [3.63, 3.8) is 0 Å². The summed E-state index contributed by atoms with van der Waals surface area (Å²) in [6, 6.07) is 9.45. The molecule has 0 fully saturated rings. The first kappa shape index (κ1) is 13.3. The quantitative estimate of drug-likeness (QED) is 0.765. The standard InChI is InChI=1S/C13H17NO3/c1-2-8-14(9-10-15)13(16)17-11-12-6-4-3-5-7-12/h2-7,15H,1,8-11H2. The molecule has 1 amide bonds. The number of amides is 1. The molecule has 0 heterocycles. The summed E-state index contributed by atoms with van der Waals surface area (Å²) < 4.78 is 5.12. The third-order valence-electron chi connectivity index (χ3n) is 2.18. The Labute approximate surface area is 101 Å². The summed E-state index contributed by atoms with van der Waals surface area (Å²) in [7, 11) is 0. The summed E-state index contributed by atoms with van der Waals surface area (Å²) in [4.78, 5) is 13.0. The average molecular weight is 235 g/mol. The van der Waals surface area contributed by atoms with Gasteiger partial charge < -0.3 is 14.7 Å². The zero-order valence-corrected chi connectivity index (χ0v) is 9.71. The zero-order chi connectivity index (χ0) is 12.5. The summed E-state index contributed by atoms with van der Waals surface area (Å²) in [5.41, 5.74) is 0.934. The molecule has 0 atom stereocenters. The molecule has 0 aromatic heterocycles. The first-order valence-corrected chi connectivity index (χ1v) is 5.45. The predicted octanol–water partition coefficient (Wildman–Crippen LogP) is 1.80. The number of ether oxygens (including phenoxy) is 1. The molecule has 92 valence electrons. The van der Waals surface area contributed by atoms with Crippen LogP contribution in [-0.4, -0.2) is 35.8 Å². The lowest BCUT2D eigenvalue weighted by Crippen LogP contribution is -2.34. The van der Waals surface area contributed by atoms with Crippen LogP contribution in [0.2, 0.25) is 0 Å². The minimum atomic E-state index is -0.442. The highest BCUT2D eigenvalue weighted by atomic mass is 16.6. The number of hydrogen-bond donors (Lipinski definition) is 1. The lowest BCUT2D eigenvalue weighted by atomic mass is 10.2. The van der Waals surface area contributed by atoms with Gasteiger partial charge in [0.05, 0.1) is 6.61 Å². The van der Waals surface area contributed by atoms with Crippen LogP contribution in [0.15, 0.2) is 43.0 Å². The van der Waals surface area contributed by atoms with Gasteiger partial charge >= 0.3 is 6.09 Å². The van der Waals surface area contributed by atoms with Crippen molar-refractivity contribution in [3.8, 4) is 0 Å². The molecular formula is C13H17NO3. The van der Waals surface area contributed by atoms with Crippen LogP contribution in [0.25, 0.3) is 0 Å². The summed E-state index contributed by atoms with van der Waals surface area (Å²) in [5.74, 6) is 0. The van der Waals surface area contributed by atoms with E-state index in [1.165, 1.54) is 4.90 Å². The second-order valence-corrected chi connectivity index (χ2v) is 3.50. The third-order valence-corrected chi connectivity index (χ3v) is 2.18. The average Bonchev–Trinajstić information content (AvgIpc) is 2.37. The molecule has 1 rings (SSSR count). The van der Waals surface area contributed by atoms with E-state index >= 15 is 0 Å². The normalized spacial score (nSPS) is 9.71. The van der Waals surface area contributed by atoms with Gasteiger partial charge in [-0.3, -0.25) is 0 Å². The highest BCUT2D eigenvalue weighted by Gasteiger charge is 2.12. The van der Waals surface area contributed by atoms with Gasteiger partial charge in [0.25, 0.3) is 0 Å². The van der Waals surface area contributed by atoms with E-state index in [4.69, 9.17) is 9.84 Å². The first-order valence-electron chi connectivity index (χ1n) is 5.45. The maximum Gasteiger partial charge on any atom is 0.410 e. The zero-order valence-electron chi connectivity index (χ0n) is 9.71. The van der Waals surface area contributed by atoms with E-state index in [0.717, 1.165) is 5.56 Å². The van der Waals surface area contributed by atoms with Crippen molar-refractivity contribution < 1.29 is 14.6 Å². The minimum absolute atomic E-state index is 0.0890. The molecule has 1 aromatic carbocycles. The fourth-order valence-corrected chi connectivity index (χ4v) is 1.34. The molecule has 0 unspecified atom stereocenters. The van der Waals surface area contributed by atoms with Crippen LogP contribution in [0.3, 0.4) is 0 Å². The lowest BCUT2D eigenvalue weighted by Gasteiger charge is -2.19. The van der Waals surface area contributed by atoms with Gasteiger partial charge in [-0.15, -0.1) is 6.58 Å². The summed E-state index contributed by atoms with van der Waals surface area (Å²) in [6.45, 7) is 4.32. The van der Waals surface area contributed by atoms with Gasteiger partial charge in [-0.05, 0) is 5.56 Å². The van der Waals surface area contributed by atoms with Gasteiger partial charge in [-0.25, -0.2) is 4.79 Å². The number of nitrogens with zero attached hydrogens (tertiary/aromatic N) is 1. The maximum atomic E-state index is 11.6. The van der Waals surface area contributed by atoms with Gasteiger partial charge in [0.2, 0.25) is 0 Å². The molecule has 0 aliphatic rings. The van der Waals surface area contributed by atoms with Crippen molar-refractivity contribution in [2.45, 2.75) is 6.61 Å². The minimum Gasteiger partial charge on any atom is -0.445 e. The number of carbonyl (C=O) groups is 1. The predicted molar refractivity (Wildman–Crippen MR) is 65.5 cm³/mol. The van der Waals surface area contributed by atoms with Crippen molar-refractivity contribution in [1.82, 2.24) is 4.90 Å². The molecule has 0 aliphatic heterocycles. The van der Waals surface area contributed by atoms with E-state index in [-0.39, 0.29) is 19.8 Å². The Kier molecular flexibility index (Phi) is 5.82. The molecule has 0 radical (unpaired) electrons. The topological polar surface area (TPSA) is 49.8 Å². The summed E-state index contributed by atoms with van der Waals surface area (Å²) in [5, 5.41) is 8.81. The van der Waals surface area contributed by atoms with E-state index in [1.807, 2.05) is 30.3 Å². The van der Waals surface area contributed by atoms with E-state index in [1.54, 1.807) is 6.08 Å². The maximum absolute atomic E-state index is 11.6. The lowest BCUT2D eigenvalue weighted by molar-refractivity contribution is 0.0928. The highest BCUT2D eigenvalue weighted by Crippen LogP contribution is 2.03. The van der Waals surface area contributed by atoms with Crippen molar-refractivity contribution in [3.05, 3.63) is 48.6 Å².